The van der Waals surface area contributed by atoms with Crippen molar-refractivity contribution in [1.29, 1.82) is 0 Å². The molecular weight excluding hydrogens is 336 g/mol. The van der Waals surface area contributed by atoms with E-state index in [0.29, 0.717) is 10.0 Å². The molecule has 0 aliphatic heterocycles. The van der Waals surface area contributed by atoms with Gasteiger partial charge in [0.05, 0.1) is 16.6 Å². The summed E-state index contributed by atoms with van der Waals surface area (Å²) in [5, 5.41) is 0. The number of benzene rings is 2. The van der Waals surface area contributed by atoms with Crippen LogP contribution in [0.1, 0.15) is 5.56 Å². The molecule has 2 aromatic carbocycles. The Kier molecular flexibility index (Phi) is 4.31. The Balaban J connectivity index is 2.28. The number of hydrogen-bond donors (Lipinski definition) is 1. The summed E-state index contributed by atoms with van der Waals surface area (Å²) in [6, 6.07) is 8.10. The van der Waals surface area contributed by atoms with Crippen molar-refractivity contribution in [3.8, 4) is 0 Å². The van der Waals surface area contributed by atoms with E-state index in [1.165, 1.54) is 12.1 Å². The highest BCUT2D eigenvalue weighted by Gasteiger charge is 2.11. The second-order valence-corrected chi connectivity index (χ2v) is 6.31. The molecular formula is C13H10BrF2NOS. The van der Waals surface area contributed by atoms with Gasteiger partial charge >= 0.3 is 0 Å². The molecule has 0 heterocycles. The number of hydrogen-bond acceptors (Lipinski definition) is 2. The second kappa shape index (κ2) is 5.79. The van der Waals surface area contributed by atoms with Crippen LogP contribution in [0, 0.1) is 11.6 Å². The highest BCUT2D eigenvalue weighted by molar-refractivity contribution is 9.10. The van der Waals surface area contributed by atoms with E-state index in [-0.39, 0.29) is 16.3 Å². The van der Waals surface area contributed by atoms with E-state index < -0.39 is 22.4 Å². The van der Waals surface area contributed by atoms with Gasteiger partial charge in [0.25, 0.3) is 0 Å². The van der Waals surface area contributed by atoms with Crippen molar-refractivity contribution in [3.63, 3.8) is 0 Å². The van der Waals surface area contributed by atoms with Gasteiger partial charge in [-0.05, 0) is 36.4 Å². The molecule has 0 radical (unpaired) electrons. The molecule has 2 rings (SSSR count). The fourth-order valence-electron chi connectivity index (χ4n) is 1.59. The third-order valence-corrected chi connectivity index (χ3v) is 4.28. The summed E-state index contributed by atoms with van der Waals surface area (Å²) < 4.78 is 39.5. The largest absolute Gasteiger partial charge is 0.399 e. The number of nitrogens with two attached hydrogens (primary N) is 1. The topological polar surface area (TPSA) is 43.1 Å². The van der Waals surface area contributed by atoms with E-state index in [2.05, 4.69) is 15.9 Å². The van der Waals surface area contributed by atoms with E-state index in [0.717, 1.165) is 12.1 Å². The van der Waals surface area contributed by atoms with Crippen molar-refractivity contribution in [2.24, 2.45) is 0 Å². The molecule has 6 heteroatoms. The average Bonchev–Trinajstić information content (AvgIpc) is 2.32. The van der Waals surface area contributed by atoms with Crippen molar-refractivity contribution in [2.45, 2.75) is 10.6 Å². The van der Waals surface area contributed by atoms with Gasteiger partial charge in [0, 0.05) is 20.6 Å². The molecule has 0 amide bonds. The smallest absolute Gasteiger partial charge is 0.127 e. The monoisotopic (exact) mass is 345 g/mol. The Morgan fingerprint density at radius 2 is 1.89 bits per heavy atom. The highest BCUT2D eigenvalue weighted by atomic mass is 79.9. The lowest BCUT2D eigenvalue weighted by Gasteiger charge is -2.06. The predicted molar refractivity (Wildman–Crippen MR) is 75.0 cm³/mol. The van der Waals surface area contributed by atoms with E-state index in [1.807, 2.05) is 0 Å². The van der Waals surface area contributed by atoms with Crippen LogP contribution >= 0.6 is 15.9 Å². The van der Waals surface area contributed by atoms with E-state index >= 15 is 0 Å². The van der Waals surface area contributed by atoms with Gasteiger partial charge in [-0.25, -0.2) is 8.78 Å². The standard InChI is InChI=1S/C13H10BrF2NOS/c14-9-1-2-13(16)8(3-9)7-19(18)12-5-10(15)4-11(17)6-12/h1-6H,7,17H2. The maximum absolute atomic E-state index is 13.6. The summed E-state index contributed by atoms with van der Waals surface area (Å²) in [4.78, 5) is 0.247. The molecule has 0 aliphatic rings. The van der Waals surface area contributed by atoms with Crippen LogP contribution in [0.25, 0.3) is 0 Å². The van der Waals surface area contributed by atoms with Gasteiger partial charge in [0.15, 0.2) is 0 Å². The normalized spacial score (nSPS) is 12.4. The number of rotatable bonds is 3. The van der Waals surface area contributed by atoms with E-state index in [1.54, 1.807) is 12.1 Å². The van der Waals surface area contributed by atoms with Gasteiger partial charge in [-0.3, -0.25) is 4.21 Å². The van der Waals surface area contributed by atoms with Crippen molar-refractivity contribution < 1.29 is 13.0 Å². The molecule has 0 saturated heterocycles. The number of nitrogen functional groups attached to an aromatic ring is 1. The molecule has 19 heavy (non-hydrogen) atoms. The van der Waals surface area contributed by atoms with Crippen LogP contribution in [0.15, 0.2) is 45.8 Å². The first-order valence-electron chi connectivity index (χ1n) is 5.34. The van der Waals surface area contributed by atoms with E-state index in [4.69, 9.17) is 5.73 Å². The van der Waals surface area contributed by atoms with Gasteiger partial charge in [-0.1, -0.05) is 15.9 Å². The third-order valence-electron chi connectivity index (χ3n) is 2.45. The molecule has 2 aromatic rings. The summed E-state index contributed by atoms with van der Waals surface area (Å²) in [7, 11) is -1.55. The second-order valence-electron chi connectivity index (χ2n) is 3.95. The molecule has 100 valence electrons. The molecule has 1 unspecified atom stereocenters. The lowest BCUT2D eigenvalue weighted by molar-refractivity contribution is 0.614. The molecule has 0 saturated carbocycles. The zero-order valence-corrected chi connectivity index (χ0v) is 12.1. The minimum Gasteiger partial charge on any atom is -0.399 e. The molecule has 2 nitrogen and oxygen atoms in total. The quantitative estimate of drug-likeness (QED) is 0.863. The predicted octanol–water partition coefficient (Wildman–Crippen LogP) is 3.62. The van der Waals surface area contributed by atoms with Gasteiger partial charge in [0.1, 0.15) is 11.6 Å². The number of anilines is 1. The maximum Gasteiger partial charge on any atom is 0.127 e. The van der Waals surface area contributed by atoms with Gasteiger partial charge in [0.2, 0.25) is 0 Å². The molecule has 0 bridgehead atoms. The average molecular weight is 346 g/mol. The molecule has 1 atom stereocenters. The molecule has 0 fully saturated rings. The zero-order valence-electron chi connectivity index (χ0n) is 9.70. The van der Waals surface area contributed by atoms with Gasteiger partial charge < -0.3 is 5.73 Å². The van der Waals surface area contributed by atoms with Crippen LogP contribution < -0.4 is 5.73 Å². The third kappa shape index (κ3) is 3.61. The SMILES string of the molecule is Nc1cc(F)cc(S(=O)Cc2cc(Br)ccc2F)c1. The van der Waals surface area contributed by atoms with Crippen molar-refractivity contribution >= 4 is 32.4 Å². The minimum absolute atomic E-state index is 0.0336. The Labute approximate surface area is 120 Å². The molecule has 0 spiro atoms. The van der Waals surface area contributed by atoms with Gasteiger partial charge in [-0.2, -0.15) is 0 Å². The van der Waals surface area contributed by atoms with Crippen LogP contribution in [0.4, 0.5) is 14.5 Å². The van der Waals surface area contributed by atoms with Crippen LogP contribution in [0.2, 0.25) is 0 Å². The van der Waals surface area contributed by atoms with Crippen LogP contribution in [-0.4, -0.2) is 4.21 Å². The summed E-state index contributed by atoms with van der Waals surface area (Å²) >= 11 is 3.22. The van der Waals surface area contributed by atoms with Crippen molar-refractivity contribution in [3.05, 3.63) is 58.1 Å². The summed E-state index contributed by atoms with van der Waals surface area (Å²) in [5.41, 5.74) is 5.98. The Bertz CT molecular complexity index is 628. The molecule has 0 aromatic heterocycles. The van der Waals surface area contributed by atoms with Crippen LogP contribution in [0.5, 0.6) is 0 Å². The van der Waals surface area contributed by atoms with Crippen LogP contribution in [-0.2, 0) is 16.6 Å². The molecule has 2 N–H and O–H groups in total. The maximum atomic E-state index is 13.6. The number of halogens is 3. The zero-order chi connectivity index (χ0) is 14.0. The van der Waals surface area contributed by atoms with Crippen molar-refractivity contribution in [1.82, 2.24) is 0 Å². The minimum atomic E-state index is -1.55. The highest BCUT2D eigenvalue weighted by Crippen LogP contribution is 2.21. The van der Waals surface area contributed by atoms with E-state index in [9.17, 15) is 13.0 Å². The molecule has 0 aliphatic carbocycles. The first-order chi connectivity index (χ1) is 8.95. The Morgan fingerprint density at radius 3 is 2.58 bits per heavy atom. The van der Waals surface area contributed by atoms with Crippen molar-refractivity contribution in [2.75, 3.05) is 5.73 Å². The first kappa shape index (κ1) is 14.1. The lowest BCUT2D eigenvalue weighted by Crippen LogP contribution is -2.01. The Morgan fingerprint density at radius 1 is 1.16 bits per heavy atom. The van der Waals surface area contributed by atoms with Crippen LogP contribution in [0.3, 0.4) is 0 Å². The fourth-order valence-corrected chi connectivity index (χ4v) is 3.18. The summed E-state index contributed by atoms with van der Waals surface area (Å²) in [6.07, 6.45) is 0. The fraction of sp³-hybridized carbons (Fsp3) is 0.0769. The summed E-state index contributed by atoms with van der Waals surface area (Å²) in [6.45, 7) is 0. The van der Waals surface area contributed by atoms with Gasteiger partial charge in [-0.15, -0.1) is 0 Å². The Hall–Kier alpha value is -1.27. The lowest BCUT2D eigenvalue weighted by atomic mass is 10.2. The first-order valence-corrected chi connectivity index (χ1v) is 7.45. The summed E-state index contributed by atoms with van der Waals surface area (Å²) in [5.74, 6) is -1.03.